The summed E-state index contributed by atoms with van der Waals surface area (Å²) in [5.74, 6) is 0. The number of rotatable bonds is 3. The predicted octanol–water partition coefficient (Wildman–Crippen LogP) is 3.27. The first-order valence-corrected chi connectivity index (χ1v) is 7.00. The minimum absolute atomic E-state index is 0.590. The number of nitrogens with two attached hydrogens (primary N) is 1. The normalized spacial score (nSPS) is 17.6. The van der Waals surface area contributed by atoms with Crippen LogP contribution in [-0.2, 0) is 6.54 Å². The van der Waals surface area contributed by atoms with Gasteiger partial charge in [0.1, 0.15) is 0 Å². The summed E-state index contributed by atoms with van der Waals surface area (Å²) in [5.41, 5.74) is 8.07. The van der Waals surface area contributed by atoms with E-state index in [0.29, 0.717) is 6.54 Å². The van der Waals surface area contributed by atoms with E-state index in [-0.39, 0.29) is 0 Å². The summed E-state index contributed by atoms with van der Waals surface area (Å²) < 4.78 is 0. The molecule has 2 N–H and O–H groups in total. The van der Waals surface area contributed by atoms with Crippen LogP contribution < -0.4 is 5.73 Å². The Morgan fingerprint density at radius 1 is 1.38 bits per heavy atom. The molecule has 1 heterocycles. The maximum Gasteiger partial charge on any atom is 0.0965 e. The minimum atomic E-state index is 0.590. The summed E-state index contributed by atoms with van der Waals surface area (Å²) in [5, 5.41) is 1.95. The van der Waals surface area contributed by atoms with Gasteiger partial charge in [-0.1, -0.05) is 19.3 Å². The first kappa shape index (κ1) is 11.9. The summed E-state index contributed by atoms with van der Waals surface area (Å²) in [4.78, 5) is 4.49. The lowest BCUT2D eigenvalue weighted by Gasteiger charge is -2.20. The van der Waals surface area contributed by atoms with Gasteiger partial charge in [0.05, 0.1) is 5.03 Å². The number of aromatic nitrogens is 1. The van der Waals surface area contributed by atoms with Crippen LogP contribution in [-0.4, -0.2) is 10.2 Å². The molecule has 0 spiro atoms. The van der Waals surface area contributed by atoms with Crippen molar-refractivity contribution in [2.75, 3.05) is 0 Å². The molecule has 0 radical (unpaired) electrons. The Balaban J connectivity index is 2.01. The number of aryl methyl sites for hydroxylation is 1. The first-order chi connectivity index (χ1) is 7.79. The van der Waals surface area contributed by atoms with Crippen molar-refractivity contribution in [3.63, 3.8) is 0 Å². The lowest BCUT2D eigenvalue weighted by molar-refractivity contribution is 0.515. The molecule has 1 saturated carbocycles. The third-order valence-corrected chi connectivity index (χ3v) is 4.52. The first-order valence-electron chi connectivity index (χ1n) is 6.12. The fraction of sp³-hybridized carbons (Fsp3) is 0.615. The van der Waals surface area contributed by atoms with Gasteiger partial charge in [0.2, 0.25) is 0 Å². The van der Waals surface area contributed by atoms with E-state index >= 15 is 0 Å². The van der Waals surface area contributed by atoms with Crippen LogP contribution in [0.1, 0.15) is 43.2 Å². The van der Waals surface area contributed by atoms with E-state index in [0.717, 1.165) is 10.8 Å². The van der Waals surface area contributed by atoms with Crippen molar-refractivity contribution in [3.8, 4) is 0 Å². The van der Waals surface area contributed by atoms with Gasteiger partial charge >= 0.3 is 0 Å². The van der Waals surface area contributed by atoms with Crippen LogP contribution in [0.5, 0.6) is 0 Å². The zero-order valence-electron chi connectivity index (χ0n) is 9.91. The van der Waals surface area contributed by atoms with E-state index in [9.17, 15) is 0 Å². The molecular formula is C13H20N2S. The molecular weight excluding hydrogens is 216 g/mol. The topological polar surface area (TPSA) is 38.9 Å². The van der Waals surface area contributed by atoms with Crippen molar-refractivity contribution in [1.29, 1.82) is 0 Å². The highest BCUT2D eigenvalue weighted by Gasteiger charge is 2.15. The van der Waals surface area contributed by atoms with Crippen molar-refractivity contribution in [3.05, 3.63) is 23.4 Å². The van der Waals surface area contributed by atoms with Crippen LogP contribution in [0, 0.1) is 6.92 Å². The molecule has 3 heteroatoms. The van der Waals surface area contributed by atoms with Gasteiger partial charge < -0.3 is 5.73 Å². The van der Waals surface area contributed by atoms with Gasteiger partial charge in [-0.15, -0.1) is 11.8 Å². The van der Waals surface area contributed by atoms with Crippen LogP contribution in [0.2, 0.25) is 0 Å². The Hall–Kier alpha value is -0.540. The van der Waals surface area contributed by atoms with E-state index in [4.69, 9.17) is 5.73 Å². The third kappa shape index (κ3) is 2.98. The largest absolute Gasteiger partial charge is 0.326 e. The van der Waals surface area contributed by atoms with Crippen LogP contribution in [0.4, 0.5) is 0 Å². The van der Waals surface area contributed by atoms with Gasteiger partial charge in [0, 0.05) is 18.0 Å². The van der Waals surface area contributed by atoms with Crippen LogP contribution >= 0.6 is 11.8 Å². The highest BCUT2D eigenvalue weighted by Crippen LogP contribution is 2.32. The van der Waals surface area contributed by atoms with Crippen molar-refractivity contribution in [2.45, 2.75) is 55.8 Å². The van der Waals surface area contributed by atoms with Gasteiger partial charge in [-0.2, -0.15) is 0 Å². The highest BCUT2D eigenvalue weighted by atomic mass is 32.2. The summed E-state index contributed by atoms with van der Waals surface area (Å²) >= 11 is 1.95. The Kier molecular flexibility index (Phi) is 4.24. The summed E-state index contributed by atoms with van der Waals surface area (Å²) in [6, 6.07) is 2.18. The zero-order valence-corrected chi connectivity index (χ0v) is 10.7. The molecule has 1 fully saturated rings. The molecule has 0 saturated heterocycles. The second-order valence-corrected chi connectivity index (χ2v) is 5.85. The Bertz CT molecular complexity index is 346. The van der Waals surface area contributed by atoms with Gasteiger partial charge in [-0.25, -0.2) is 4.98 Å². The lowest BCUT2D eigenvalue weighted by Crippen LogP contribution is -2.08. The molecule has 0 unspecified atom stereocenters. The Labute approximate surface area is 102 Å². The monoisotopic (exact) mass is 236 g/mol. The average molecular weight is 236 g/mol. The number of hydrogen-bond acceptors (Lipinski definition) is 3. The summed E-state index contributed by atoms with van der Waals surface area (Å²) in [7, 11) is 0. The van der Waals surface area contributed by atoms with E-state index in [1.807, 2.05) is 18.0 Å². The van der Waals surface area contributed by atoms with Gasteiger partial charge in [0.25, 0.3) is 0 Å². The standard InChI is InChI=1S/C13H20N2S/c1-10-7-13(15-9-11(10)8-14)16-12-5-3-2-4-6-12/h7,9,12H,2-6,8,14H2,1H3. The Morgan fingerprint density at radius 3 is 2.75 bits per heavy atom. The molecule has 1 aliphatic rings. The maximum absolute atomic E-state index is 5.64. The molecule has 0 bridgehead atoms. The van der Waals surface area contributed by atoms with Crippen LogP contribution in [0.15, 0.2) is 17.3 Å². The molecule has 2 rings (SSSR count). The zero-order chi connectivity index (χ0) is 11.4. The predicted molar refractivity (Wildman–Crippen MR) is 69.6 cm³/mol. The number of pyridine rings is 1. The van der Waals surface area contributed by atoms with Crippen molar-refractivity contribution >= 4 is 11.8 Å². The fourth-order valence-electron chi connectivity index (χ4n) is 2.19. The van der Waals surface area contributed by atoms with Gasteiger partial charge in [-0.3, -0.25) is 0 Å². The van der Waals surface area contributed by atoms with Crippen LogP contribution in [0.3, 0.4) is 0 Å². The molecule has 1 aromatic rings. The van der Waals surface area contributed by atoms with E-state index < -0.39 is 0 Å². The smallest absolute Gasteiger partial charge is 0.0965 e. The lowest BCUT2D eigenvalue weighted by atomic mass is 10.0. The van der Waals surface area contributed by atoms with Gasteiger partial charge in [-0.05, 0) is 37.0 Å². The van der Waals surface area contributed by atoms with Crippen molar-refractivity contribution in [2.24, 2.45) is 5.73 Å². The minimum Gasteiger partial charge on any atom is -0.326 e. The third-order valence-electron chi connectivity index (χ3n) is 3.25. The van der Waals surface area contributed by atoms with E-state index in [1.165, 1.54) is 42.7 Å². The fourth-order valence-corrected chi connectivity index (χ4v) is 3.46. The van der Waals surface area contributed by atoms with E-state index in [1.54, 1.807) is 0 Å². The molecule has 0 aromatic carbocycles. The molecule has 16 heavy (non-hydrogen) atoms. The number of nitrogens with zero attached hydrogens (tertiary/aromatic N) is 1. The molecule has 88 valence electrons. The molecule has 0 amide bonds. The quantitative estimate of drug-likeness (QED) is 0.875. The Morgan fingerprint density at radius 2 is 2.12 bits per heavy atom. The number of thioether (sulfide) groups is 1. The van der Waals surface area contributed by atoms with Crippen molar-refractivity contribution < 1.29 is 0 Å². The molecule has 2 nitrogen and oxygen atoms in total. The number of hydrogen-bond donors (Lipinski definition) is 1. The second kappa shape index (κ2) is 5.69. The molecule has 1 aliphatic carbocycles. The summed E-state index contributed by atoms with van der Waals surface area (Å²) in [6.45, 7) is 2.71. The van der Waals surface area contributed by atoms with Gasteiger partial charge in [0.15, 0.2) is 0 Å². The molecule has 1 aromatic heterocycles. The van der Waals surface area contributed by atoms with Crippen molar-refractivity contribution in [1.82, 2.24) is 4.98 Å². The summed E-state index contributed by atoms with van der Waals surface area (Å²) in [6.07, 6.45) is 8.82. The maximum atomic E-state index is 5.64. The molecule has 0 atom stereocenters. The highest BCUT2D eigenvalue weighted by molar-refractivity contribution is 7.99. The van der Waals surface area contributed by atoms with Crippen LogP contribution in [0.25, 0.3) is 0 Å². The van der Waals surface area contributed by atoms with E-state index in [2.05, 4.69) is 18.0 Å². The SMILES string of the molecule is Cc1cc(SC2CCCCC2)ncc1CN. The average Bonchev–Trinajstić information content (AvgIpc) is 2.31. The molecule has 0 aliphatic heterocycles. The second-order valence-electron chi connectivity index (χ2n) is 4.53.